The van der Waals surface area contributed by atoms with E-state index in [1.807, 2.05) is 42.5 Å². The monoisotopic (exact) mass is 194 g/mol. The summed E-state index contributed by atoms with van der Waals surface area (Å²) in [4.78, 5) is 2.98. The van der Waals surface area contributed by atoms with Crippen LogP contribution >= 0.6 is 0 Å². The van der Waals surface area contributed by atoms with Gasteiger partial charge in [-0.05, 0) is 23.3 Å². The molecule has 0 amide bonds. The van der Waals surface area contributed by atoms with Gasteiger partial charge in [0.2, 0.25) is 0 Å². The summed E-state index contributed by atoms with van der Waals surface area (Å²) < 4.78 is 0. The smallest absolute Gasteiger partial charge is 0.287 e. The van der Waals surface area contributed by atoms with Crippen molar-refractivity contribution < 1.29 is 4.79 Å². The van der Waals surface area contributed by atoms with E-state index < -0.39 is 0 Å². The summed E-state index contributed by atoms with van der Waals surface area (Å²) >= 11 is 0. The molecule has 0 saturated heterocycles. The van der Waals surface area contributed by atoms with Gasteiger partial charge in [-0.15, -0.1) is 0 Å². The van der Waals surface area contributed by atoms with Crippen LogP contribution in [-0.2, 0) is 0 Å². The Morgan fingerprint density at radius 1 is 0.800 bits per heavy atom. The standard InChI is InChI=1S/C13H10N2/c14-15-10-11-6-8-13(9-7-11)12-4-2-1-3-5-12/h1-10H. The van der Waals surface area contributed by atoms with Gasteiger partial charge in [-0.25, -0.2) is 0 Å². The van der Waals surface area contributed by atoms with Gasteiger partial charge in [0, 0.05) is 0 Å². The lowest BCUT2D eigenvalue weighted by molar-refractivity contribution is 0.00456. The Bertz CT molecular complexity index is 480. The Morgan fingerprint density at radius 2 is 1.40 bits per heavy atom. The highest BCUT2D eigenvalue weighted by atomic mass is 14.8. The number of benzene rings is 2. The molecule has 0 aromatic heterocycles. The highest BCUT2D eigenvalue weighted by Gasteiger charge is 1.96. The minimum absolute atomic E-state index is 0.886. The highest BCUT2D eigenvalue weighted by molar-refractivity contribution is 5.77. The third-order valence-corrected chi connectivity index (χ3v) is 2.22. The minimum Gasteiger partial charge on any atom is -0.361 e. The normalized spacial score (nSPS) is 9.33. The van der Waals surface area contributed by atoms with E-state index >= 15 is 0 Å². The first kappa shape index (κ1) is 9.38. The van der Waals surface area contributed by atoms with Gasteiger partial charge >= 0.3 is 0 Å². The zero-order chi connectivity index (χ0) is 10.5. The van der Waals surface area contributed by atoms with Gasteiger partial charge in [0.15, 0.2) is 0 Å². The van der Waals surface area contributed by atoms with Crippen LogP contribution in [0.25, 0.3) is 16.7 Å². The van der Waals surface area contributed by atoms with Crippen LogP contribution in [0.4, 0.5) is 0 Å². The molecule has 72 valence electrons. The summed E-state index contributed by atoms with van der Waals surface area (Å²) in [6.45, 7) is 0. The molecular formula is C13H10N2. The molecule has 0 atom stereocenters. The molecule has 2 heteroatoms. The van der Waals surface area contributed by atoms with E-state index in [1.54, 1.807) is 0 Å². The Balaban J connectivity index is 2.36. The summed E-state index contributed by atoms with van der Waals surface area (Å²) in [7, 11) is 0. The molecule has 0 saturated carbocycles. The van der Waals surface area contributed by atoms with E-state index in [0.717, 1.165) is 11.1 Å². The molecule has 2 aromatic rings. The van der Waals surface area contributed by atoms with Gasteiger partial charge in [-0.1, -0.05) is 42.5 Å². The second kappa shape index (κ2) is 4.36. The van der Waals surface area contributed by atoms with Gasteiger partial charge in [0.25, 0.3) is 6.21 Å². The fraction of sp³-hybridized carbons (Fsp3) is 0. The summed E-state index contributed by atoms with van der Waals surface area (Å²) in [5.41, 5.74) is 11.6. The topological polar surface area (TPSA) is 36.4 Å². The van der Waals surface area contributed by atoms with Crippen molar-refractivity contribution in [3.8, 4) is 11.1 Å². The molecular weight excluding hydrogens is 184 g/mol. The third kappa shape index (κ3) is 2.19. The molecule has 0 fully saturated rings. The van der Waals surface area contributed by atoms with Crippen molar-refractivity contribution >= 4 is 6.21 Å². The van der Waals surface area contributed by atoms with Gasteiger partial charge < -0.3 is 5.53 Å². The van der Waals surface area contributed by atoms with Gasteiger partial charge in [0.1, 0.15) is 0 Å². The van der Waals surface area contributed by atoms with Crippen molar-refractivity contribution in [3.05, 3.63) is 65.7 Å². The van der Waals surface area contributed by atoms with Gasteiger partial charge in [-0.2, -0.15) is 4.79 Å². The van der Waals surface area contributed by atoms with E-state index in [4.69, 9.17) is 5.53 Å². The molecule has 2 aromatic carbocycles. The quantitative estimate of drug-likeness (QED) is 0.400. The lowest BCUT2D eigenvalue weighted by Gasteiger charge is -1.99. The van der Waals surface area contributed by atoms with Crippen molar-refractivity contribution in [1.82, 2.24) is 0 Å². The minimum atomic E-state index is 0.886. The van der Waals surface area contributed by atoms with Crippen LogP contribution in [0.5, 0.6) is 0 Å². The van der Waals surface area contributed by atoms with Gasteiger partial charge in [0.05, 0.1) is 5.56 Å². The predicted octanol–water partition coefficient (Wildman–Crippen LogP) is 3.00. The van der Waals surface area contributed by atoms with Crippen LogP contribution in [0.15, 0.2) is 54.6 Å². The number of rotatable bonds is 2. The van der Waals surface area contributed by atoms with Crippen LogP contribution in [-0.4, -0.2) is 11.0 Å². The summed E-state index contributed by atoms with van der Waals surface area (Å²) in [5, 5.41) is 0. The highest BCUT2D eigenvalue weighted by Crippen LogP contribution is 2.18. The predicted molar refractivity (Wildman–Crippen MR) is 60.7 cm³/mol. The number of hydrogen-bond donors (Lipinski definition) is 0. The average Bonchev–Trinajstić information content (AvgIpc) is 2.32. The first-order valence-electron chi connectivity index (χ1n) is 4.73. The summed E-state index contributed by atoms with van der Waals surface area (Å²) in [5.74, 6) is 0. The SMILES string of the molecule is [N-]=[N+]=Cc1ccc(-c2ccccc2)cc1. The van der Waals surface area contributed by atoms with Crippen molar-refractivity contribution in [1.29, 1.82) is 0 Å². The Kier molecular flexibility index (Phi) is 2.72. The van der Waals surface area contributed by atoms with Gasteiger partial charge in [-0.3, -0.25) is 0 Å². The molecule has 0 unspecified atom stereocenters. The Morgan fingerprint density at radius 3 is 2.00 bits per heavy atom. The van der Waals surface area contributed by atoms with E-state index in [1.165, 1.54) is 11.8 Å². The van der Waals surface area contributed by atoms with Crippen molar-refractivity contribution in [2.75, 3.05) is 0 Å². The molecule has 2 rings (SSSR count). The first-order valence-corrected chi connectivity index (χ1v) is 4.73. The van der Waals surface area contributed by atoms with Crippen LogP contribution in [0, 0.1) is 0 Å². The molecule has 0 bridgehead atoms. The average molecular weight is 194 g/mol. The maximum absolute atomic E-state index is 8.38. The zero-order valence-electron chi connectivity index (χ0n) is 8.17. The molecule has 0 aliphatic rings. The largest absolute Gasteiger partial charge is 0.361 e. The number of hydrogen-bond acceptors (Lipinski definition) is 0. The van der Waals surface area contributed by atoms with Crippen LogP contribution < -0.4 is 0 Å². The zero-order valence-corrected chi connectivity index (χ0v) is 8.17. The molecule has 0 aliphatic carbocycles. The van der Waals surface area contributed by atoms with Crippen molar-refractivity contribution in [2.24, 2.45) is 0 Å². The van der Waals surface area contributed by atoms with E-state index in [2.05, 4.69) is 16.9 Å². The molecule has 0 radical (unpaired) electrons. The van der Waals surface area contributed by atoms with Crippen LogP contribution in [0.1, 0.15) is 5.56 Å². The second-order valence-electron chi connectivity index (χ2n) is 3.23. The molecule has 2 nitrogen and oxygen atoms in total. The Labute approximate surface area is 88.4 Å². The molecule has 0 heterocycles. The lowest BCUT2D eigenvalue weighted by atomic mass is 10.0. The lowest BCUT2D eigenvalue weighted by Crippen LogP contribution is -1.82. The third-order valence-electron chi connectivity index (χ3n) is 2.22. The molecule has 15 heavy (non-hydrogen) atoms. The maximum atomic E-state index is 8.38. The molecule has 0 N–H and O–H groups in total. The summed E-state index contributed by atoms with van der Waals surface area (Å²) in [6, 6.07) is 18.0. The second-order valence-corrected chi connectivity index (χ2v) is 3.23. The van der Waals surface area contributed by atoms with Crippen molar-refractivity contribution in [2.45, 2.75) is 0 Å². The van der Waals surface area contributed by atoms with E-state index in [-0.39, 0.29) is 0 Å². The Hall–Kier alpha value is -2.18. The molecule has 0 spiro atoms. The fourth-order valence-corrected chi connectivity index (χ4v) is 1.46. The van der Waals surface area contributed by atoms with E-state index in [0.29, 0.717) is 0 Å². The first-order chi connectivity index (χ1) is 7.40. The number of nitrogens with zero attached hydrogens (tertiary/aromatic N) is 2. The van der Waals surface area contributed by atoms with E-state index in [9.17, 15) is 0 Å². The summed E-state index contributed by atoms with van der Waals surface area (Å²) in [6.07, 6.45) is 1.41. The maximum Gasteiger partial charge on any atom is 0.287 e. The fourth-order valence-electron chi connectivity index (χ4n) is 1.46. The molecule has 0 aliphatic heterocycles. The van der Waals surface area contributed by atoms with Crippen LogP contribution in [0.3, 0.4) is 0 Å². The van der Waals surface area contributed by atoms with Crippen LogP contribution in [0.2, 0.25) is 0 Å². The van der Waals surface area contributed by atoms with Crippen molar-refractivity contribution in [3.63, 3.8) is 0 Å².